The van der Waals surface area contributed by atoms with Crippen LogP contribution in [0.5, 0.6) is 0 Å². The Morgan fingerprint density at radius 2 is 2.00 bits per heavy atom. The fourth-order valence-electron chi connectivity index (χ4n) is 3.31. The van der Waals surface area contributed by atoms with E-state index in [1.54, 1.807) is 29.4 Å². The molecule has 0 radical (unpaired) electrons. The van der Waals surface area contributed by atoms with Crippen LogP contribution in [0.25, 0.3) is 0 Å². The second-order valence-electron chi connectivity index (χ2n) is 5.58. The molecule has 0 aromatic heterocycles. The van der Waals surface area contributed by atoms with Crippen molar-refractivity contribution in [2.24, 2.45) is 0 Å². The zero-order valence-electron chi connectivity index (χ0n) is 11.5. The molecule has 1 aromatic carbocycles. The summed E-state index contributed by atoms with van der Waals surface area (Å²) in [6, 6.07) is 5.30. The predicted molar refractivity (Wildman–Crippen MR) is 79.5 cm³/mol. The number of hydrogen-bond donors (Lipinski definition) is 1. The van der Waals surface area contributed by atoms with Crippen molar-refractivity contribution in [3.8, 4) is 0 Å². The number of rotatable bonds is 2. The molecule has 20 heavy (non-hydrogen) atoms. The lowest BCUT2D eigenvalue weighted by Crippen LogP contribution is -2.42. The molecule has 2 saturated heterocycles. The molecular formula is C14H19ClN2O2S. The summed E-state index contributed by atoms with van der Waals surface area (Å²) in [5.41, 5.74) is 0.644. The van der Waals surface area contributed by atoms with Crippen LogP contribution in [0.3, 0.4) is 0 Å². The van der Waals surface area contributed by atoms with Crippen molar-refractivity contribution >= 4 is 21.6 Å². The zero-order chi connectivity index (χ0) is 14.3. The van der Waals surface area contributed by atoms with E-state index < -0.39 is 10.0 Å². The van der Waals surface area contributed by atoms with Crippen LogP contribution in [0.15, 0.2) is 23.1 Å². The van der Waals surface area contributed by atoms with Crippen LogP contribution in [-0.2, 0) is 10.0 Å². The van der Waals surface area contributed by atoms with E-state index in [0.717, 1.165) is 32.4 Å². The van der Waals surface area contributed by atoms with Gasteiger partial charge in [-0.05, 0) is 50.4 Å². The normalized spacial score (nSPS) is 27.5. The van der Waals surface area contributed by atoms with E-state index in [9.17, 15) is 8.42 Å². The Kier molecular flexibility index (Phi) is 3.79. The fraction of sp³-hybridized carbons (Fsp3) is 0.571. The lowest BCUT2D eigenvalue weighted by atomic mass is 10.1. The van der Waals surface area contributed by atoms with Crippen LogP contribution >= 0.6 is 11.6 Å². The lowest BCUT2D eigenvalue weighted by molar-refractivity contribution is 0.334. The molecule has 110 valence electrons. The maximum Gasteiger partial charge on any atom is 0.243 e. The molecule has 2 aliphatic rings. The molecule has 1 aromatic rings. The van der Waals surface area contributed by atoms with Crippen LogP contribution in [0, 0.1) is 6.92 Å². The van der Waals surface area contributed by atoms with Gasteiger partial charge in [-0.15, -0.1) is 0 Å². The van der Waals surface area contributed by atoms with Crippen LogP contribution in [0.4, 0.5) is 0 Å². The van der Waals surface area contributed by atoms with Gasteiger partial charge >= 0.3 is 0 Å². The molecule has 0 amide bonds. The molecule has 2 bridgehead atoms. The molecule has 1 N–H and O–H groups in total. The highest BCUT2D eigenvalue weighted by atomic mass is 35.5. The molecular weight excluding hydrogens is 296 g/mol. The predicted octanol–water partition coefficient (Wildman–Crippen LogP) is 2.16. The van der Waals surface area contributed by atoms with Crippen LogP contribution in [-0.4, -0.2) is 37.9 Å². The molecule has 6 heteroatoms. The number of sulfonamides is 1. The molecule has 2 fully saturated rings. The number of hydrogen-bond acceptors (Lipinski definition) is 3. The molecule has 0 spiro atoms. The summed E-state index contributed by atoms with van der Waals surface area (Å²) in [6.45, 7) is 3.41. The van der Waals surface area contributed by atoms with Gasteiger partial charge in [0.1, 0.15) is 0 Å². The minimum atomic E-state index is -3.47. The average Bonchev–Trinajstić information content (AvgIpc) is 2.66. The second-order valence-corrected chi connectivity index (χ2v) is 7.79. The van der Waals surface area contributed by atoms with Gasteiger partial charge < -0.3 is 5.32 Å². The number of halogens is 1. The summed E-state index contributed by atoms with van der Waals surface area (Å²) >= 11 is 6.08. The first-order valence-corrected chi connectivity index (χ1v) is 8.83. The first-order valence-electron chi connectivity index (χ1n) is 7.01. The van der Waals surface area contributed by atoms with Crippen LogP contribution in [0.1, 0.15) is 24.8 Å². The summed E-state index contributed by atoms with van der Waals surface area (Å²) in [4.78, 5) is 0.351. The summed E-state index contributed by atoms with van der Waals surface area (Å²) < 4.78 is 27.8. The lowest BCUT2D eigenvalue weighted by Gasteiger charge is -2.27. The highest BCUT2D eigenvalue weighted by Crippen LogP contribution is 2.35. The Balaban J connectivity index is 2.05. The maximum absolute atomic E-state index is 13.0. The van der Waals surface area contributed by atoms with Crippen molar-refractivity contribution in [2.45, 2.75) is 43.2 Å². The third-order valence-corrected chi connectivity index (χ3v) is 6.92. The first kappa shape index (κ1) is 14.3. The van der Waals surface area contributed by atoms with Gasteiger partial charge in [0.2, 0.25) is 10.0 Å². The monoisotopic (exact) mass is 314 g/mol. The molecule has 2 atom stereocenters. The van der Waals surface area contributed by atoms with Crippen molar-refractivity contribution in [2.75, 3.05) is 13.1 Å². The Bertz CT molecular complexity index is 604. The van der Waals surface area contributed by atoms with Crippen molar-refractivity contribution < 1.29 is 8.42 Å². The second kappa shape index (κ2) is 5.30. The van der Waals surface area contributed by atoms with E-state index in [4.69, 9.17) is 11.6 Å². The highest BCUT2D eigenvalue weighted by Gasteiger charge is 2.43. The molecule has 0 saturated carbocycles. The molecule has 2 unspecified atom stereocenters. The Morgan fingerprint density at radius 3 is 2.80 bits per heavy atom. The minimum absolute atomic E-state index is 0.0749. The Hall–Kier alpha value is -0.620. The SMILES string of the molecule is Cc1c(Cl)cccc1S(=O)(=O)N1C2CCNCC1CC2. The standard InChI is InChI=1S/C14H19ClN2O2S/c1-10-13(15)3-2-4-14(10)20(18,19)17-11-5-6-12(17)9-16-8-7-11/h2-4,11-12,16H,5-9H2,1H3. The van der Waals surface area contributed by atoms with E-state index in [-0.39, 0.29) is 12.1 Å². The summed E-state index contributed by atoms with van der Waals surface area (Å²) in [6.07, 6.45) is 2.79. The quantitative estimate of drug-likeness (QED) is 0.910. The van der Waals surface area contributed by atoms with Gasteiger partial charge in [-0.3, -0.25) is 0 Å². The highest BCUT2D eigenvalue weighted by molar-refractivity contribution is 7.89. The van der Waals surface area contributed by atoms with Gasteiger partial charge in [0.25, 0.3) is 0 Å². The zero-order valence-corrected chi connectivity index (χ0v) is 13.0. The van der Waals surface area contributed by atoms with Crippen LogP contribution < -0.4 is 5.32 Å². The fourth-order valence-corrected chi connectivity index (χ4v) is 5.69. The number of fused-ring (bicyclic) bond motifs is 2. The largest absolute Gasteiger partial charge is 0.315 e. The Morgan fingerprint density at radius 1 is 1.25 bits per heavy atom. The average molecular weight is 315 g/mol. The molecule has 0 aliphatic carbocycles. The number of nitrogens with zero attached hydrogens (tertiary/aromatic N) is 1. The van der Waals surface area contributed by atoms with E-state index >= 15 is 0 Å². The molecule has 2 heterocycles. The minimum Gasteiger partial charge on any atom is -0.315 e. The number of benzene rings is 1. The molecule has 3 rings (SSSR count). The molecule has 2 aliphatic heterocycles. The van der Waals surface area contributed by atoms with Crippen molar-refractivity contribution in [1.82, 2.24) is 9.62 Å². The first-order chi connectivity index (χ1) is 9.51. The van der Waals surface area contributed by atoms with Gasteiger partial charge in [0, 0.05) is 23.7 Å². The molecule has 4 nitrogen and oxygen atoms in total. The van der Waals surface area contributed by atoms with Gasteiger partial charge in [-0.1, -0.05) is 17.7 Å². The van der Waals surface area contributed by atoms with E-state index in [2.05, 4.69) is 5.32 Å². The van der Waals surface area contributed by atoms with Crippen molar-refractivity contribution in [1.29, 1.82) is 0 Å². The third kappa shape index (κ3) is 2.26. The summed E-state index contributed by atoms with van der Waals surface area (Å²) in [5.74, 6) is 0. The van der Waals surface area contributed by atoms with E-state index in [1.807, 2.05) is 0 Å². The van der Waals surface area contributed by atoms with Gasteiger partial charge in [-0.2, -0.15) is 4.31 Å². The topological polar surface area (TPSA) is 49.4 Å². The smallest absolute Gasteiger partial charge is 0.243 e. The summed E-state index contributed by atoms with van der Waals surface area (Å²) in [5, 5.41) is 3.83. The van der Waals surface area contributed by atoms with Gasteiger partial charge in [0.05, 0.1) is 4.90 Å². The Labute approximate surface area is 125 Å². The van der Waals surface area contributed by atoms with Gasteiger partial charge in [-0.25, -0.2) is 8.42 Å². The number of nitrogens with one attached hydrogen (secondary N) is 1. The van der Waals surface area contributed by atoms with Crippen LogP contribution in [0.2, 0.25) is 5.02 Å². The van der Waals surface area contributed by atoms with Gasteiger partial charge in [0.15, 0.2) is 0 Å². The van der Waals surface area contributed by atoms with Crippen molar-refractivity contribution in [3.63, 3.8) is 0 Å². The summed E-state index contributed by atoms with van der Waals surface area (Å²) in [7, 11) is -3.47. The van der Waals surface area contributed by atoms with Crippen molar-refractivity contribution in [3.05, 3.63) is 28.8 Å². The van der Waals surface area contributed by atoms with E-state index in [0.29, 0.717) is 15.5 Å². The maximum atomic E-state index is 13.0. The van der Waals surface area contributed by atoms with E-state index in [1.165, 1.54) is 0 Å². The third-order valence-electron chi connectivity index (χ3n) is 4.36.